The van der Waals surface area contributed by atoms with Crippen LogP contribution in [0.2, 0.25) is 0 Å². The van der Waals surface area contributed by atoms with Crippen molar-refractivity contribution in [3.05, 3.63) is 42.0 Å². The minimum atomic E-state index is 0.0563. The van der Waals surface area contributed by atoms with Crippen molar-refractivity contribution in [1.82, 2.24) is 0 Å². The van der Waals surface area contributed by atoms with Crippen LogP contribution in [-0.2, 0) is 11.2 Å². The minimum absolute atomic E-state index is 0.0563. The number of carbonyl (C=O) groups excluding carboxylic acids is 1. The Morgan fingerprint density at radius 1 is 1.53 bits per heavy atom. The van der Waals surface area contributed by atoms with Gasteiger partial charge in [-0.2, -0.15) is 0 Å². The van der Waals surface area contributed by atoms with Crippen molar-refractivity contribution >= 4 is 23.4 Å². The molecule has 1 N–H and O–H groups in total. The Morgan fingerprint density at radius 2 is 2.29 bits per heavy atom. The van der Waals surface area contributed by atoms with E-state index in [9.17, 15) is 4.79 Å². The van der Waals surface area contributed by atoms with Gasteiger partial charge in [0.1, 0.15) is 0 Å². The summed E-state index contributed by atoms with van der Waals surface area (Å²) >= 11 is 1.57. The van der Waals surface area contributed by atoms with E-state index in [1.807, 2.05) is 25.1 Å². The topological polar surface area (TPSA) is 29.1 Å². The summed E-state index contributed by atoms with van der Waals surface area (Å²) in [6.07, 6.45) is 2.74. The average Bonchev–Trinajstić information content (AvgIpc) is 2.32. The highest BCUT2D eigenvalue weighted by Gasteiger charge is 2.07. The largest absolute Gasteiger partial charge is 0.325 e. The van der Waals surface area contributed by atoms with Gasteiger partial charge in [-0.25, -0.2) is 0 Å². The van der Waals surface area contributed by atoms with E-state index in [0.717, 1.165) is 23.4 Å². The van der Waals surface area contributed by atoms with Crippen molar-refractivity contribution in [3.63, 3.8) is 0 Å². The molecule has 92 valence electrons. The SMILES string of the molecule is C=CCSCC(=O)Nc1c(C)cccc1CC. The fourth-order valence-electron chi connectivity index (χ4n) is 1.61. The second-order valence-corrected chi connectivity index (χ2v) is 4.84. The molecule has 0 aliphatic rings. The molecule has 0 unspecified atom stereocenters. The van der Waals surface area contributed by atoms with E-state index in [1.54, 1.807) is 11.8 Å². The van der Waals surface area contributed by atoms with Gasteiger partial charge in [0.05, 0.1) is 5.75 Å². The molecule has 3 heteroatoms. The minimum Gasteiger partial charge on any atom is -0.325 e. The van der Waals surface area contributed by atoms with E-state index in [2.05, 4.69) is 24.9 Å². The molecule has 0 fully saturated rings. The third-order valence-electron chi connectivity index (χ3n) is 2.47. The smallest absolute Gasteiger partial charge is 0.234 e. The Bertz CT molecular complexity index is 401. The van der Waals surface area contributed by atoms with Crippen LogP contribution in [0, 0.1) is 6.92 Å². The van der Waals surface area contributed by atoms with Gasteiger partial charge < -0.3 is 5.32 Å². The van der Waals surface area contributed by atoms with Gasteiger partial charge >= 0.3 is 0 Å². The number of para-hydroxylation sites is 1. The molecule has 1 rings (SSSR count). The summed E-state index contributed by atoms with van der Waals surface area (Å²) < 4.78 is 0. The van der Waals surface area contributed by atoms with Gasteiger partial charge in [-0.05, 0) is 24.5 Å². The van der Waals surface area contributed by atoms with E-state index in [4.69, 9.17) is 0 Å². The highest BCUT2D eigenvalue weighted by molar-refractivity contribution is 8.00. The molecule has 1 amide bonds. The molecular formula is C14H19NOS. The van der Waals surface area contributed by atoms with Crippen LogP contribution < -0.4 is 5.32 Å². The molecule has 0 aliphatic carbocycles. The number of benzene rings is 1. The first kappa shape index (κ1) is 13.8. The molecule has 0 radical (unpaired) electrons. The predicted molar refractivity (Wildman–Crippen MR) is 76.7 cm³/mol. The van der Waals surface area contributed by atoms with Crippen molar-refractivity contribution < 1.29 is 4.79 Å². The molecule has 0 aliphatic heterocycles. The first-order chi connectivity index (χ1) is 8.19. The van der Waals surface area contributed by atoms with Crippen LogP contribution in [0.1, 0.15) is 18.1 Å². The van der Waals surface area contributed by atoms with E-state index in [1.165, 1.54) is 5.56 Å². The summed E-state index contributed by atoms with van der Waals surface area (Å²) in [6, 6.07) is 6.10. The van der Waals surface area contributed by atoms with Crippen LogP contribution in [0.25, 0.3) is 0 Å². The number of hydrogen-bond acceptors (Lipinski definition) is 2. The zero-order valence-electron chi connectivity index (χ0n) is 10.5. The fraction of sp³-hybridized carbons (Fsp3) is 0.357. The zero-order valence-corrected chi connectivity index (χ0v) is 11.3. The van der Waals surface area contributed by atoms with Crippen LogP contribution in [0.4, 0.5) is 5.69 Å². The monoisotopic (exact) mass is 249 g/mol. The Balaban J connectivity index is 2.67. The number of hydrogen-bond donors (Lipinski definition) is 1. The molecule has 1 aromatic carbocycles. The second-order valence-electron chi connectivity index (χ2n) is 3.81. The maximum Gasteiger partial charge on any atom is 0.234 e. The lowest BCUT2D eigenvalue weighted by molar-refractivity contribution is -0.113. The highest BCUT2D eigenvalue weighted by Crippen LogP contribution is 2.21. The molecular weight excluding hydrogens is 230 g/mol. The van der Waals surface area contributed by atoms with Gasteiger partial charge in [-0.15, -0.1) is 18.3 Å². The maximum atomic E-state index is 11.7. The third kappa shape index (κ3) is 4.27. The summed E-state index contributed by atoms with van der Waals surface area (Å²) in [5.41, 5.74) is 3.28. The van der Waals surface area contributed by atoms with Gasteiger partial charge in [-0.3, -0.25) is 4.79 Å². The maximum absolute atomic E-state index is 11.7. The van der Waals surface area contributed by atoms with Crippen molar-refractivity contribution in [3.8, 4) is 0 Å². The molecule has 0 atom stereocenters. The summed E-state index contributed by atoms with van der Waals surface area (Å²) in [5, 5.41) is 2.99. The number of aryl methyl sites for hydroxylation is 2. The number of nitrogens with one attached hydrogen (secondary N) is 1. The van der Waals surface area contributed by atoms with Crippen LogP contribution in [-0.4, -0.2) is 17.4 Å². The summed E-state index contributed by atoms with van der Waals surface area (Å²) in [7, 11) is 0. The number of amides is 1. The van der Waals surface area contributed by atoms with Crippen LogP contribution in [0.5, 0.6) is 0 Å². The van der Waals surface area contributed by atoms with Gasteiger partial charge in [-0.1, -0.05) is 31.2 Å². The predicted octanol–water partition coefficient (Wildman–Crippen LogP) is 3.42. The quantitative estimate of drug-likeness (QED) is 0.618. The van der Waals surface area contributed by atoms with E-state index in [-0.39, 0.29) is 5.91 Å². The average molecular weight is 249 g/mol. The lowest BCUT2D eigenvalue weighted by Gasteiger charge is -2.12. The lowest BCUT2D eigenvalue weighted by Crippen LogP contribution is -2.16. The number of carbonyl (C=O) groups is 1. The highest BCUT2D eigenvalue weighted by atomic mass is 32.2. The summed E-state index contributed by atoms with van der Waals surface area (Å²) in [6.45, 7) is 7.74. The fourth-order valence-corrected chi connectivity index (χ4v) is 2.15. The molecule has 2 nitrogen and oxygen atoms in total. The van der Waals surface area contributed by atoms with E-state index in [0.29, 0.717) is 5.75 Å². The van der Waals surface area contributed by atoms with Crippen LogP contribution in [0.3, 0.4) is 0 Å². The van der Waals surface area contributed by atoms with Crippen LogP contribution in [0.15, 0.2) is 30.9 Å². The molecule has 1 aromatic rings. The molecule has 0 saturated carbocycles. The molecule has 0 saturated heterocycles. The molecule has 0 spiro atoms. The third-order valence-corrected chi connectivity index (χ3v) is 3.41. The molecule has 17 heavy (non-hydrogen) atoms. The van der Waals surface area contributed by atoms with Crippen molar-refractivity contribution in [2.24, 2.45) is 0 Å². The van der Waals surface area contributed by atoms with Gasteiger partial charge in [0, 0.05) is 11.4 Å². The summed E-state index contributed by atoms with van der Waals surface area (Å²) in [4.78, 5) is 11.7. The number of rotatable bonds is 6. The van der Waals surface area contributed by atoms with Gasteiger partial charge in [0.2, 0.25) is 5.91 Å². The Labute approximate surface area is 107 Å². The lowest BCUT2D eigenvalue weighted by atomic mass is 10.1. The van der Waals surface area contributed by atoms with Crippen molar-refractivity contribution in [2.75, 3.05) is 16.8 Å². The number of anilines is 1. The Kier molecular flexibility index (Phi) is 5.84. The van der Waals surface area contributed by atoms with Crippen LogP contribution >= 0.6 is 11.8 Å². The molecule has 0 bridgehead atoms. The summed E-state index contributed by atoms with van der Waals surface area (Å²) in [5.74, 6) is 1.34. The van der Waals surface area contributed by atoms with E-state index >= 15 is 0 Å². The van der Waals surface area contributed by atoms with Gasteiger partial charge in [0.25, 0.3) is 0 Å². The van der Waals surface area contributed by atoms with Crippen molar-refractivity contribution in [1.29, 1.82) is 0 Å². The van der Waals surface area contributed by atoms with Gasteiger partial charge in [0.15, 0.2) is 0 Å². The second kappa shape index (κ2) is 7.17. The molecule has 0 heterocycles. The standard InChI is InChI=1S/C14H19NOS/c1-4-9-17-10-13(16)15-14-11(3)7-6-8-12(14)5-2/h4,6-8H,1,5,9-10H2,2-3H3,(H,15,16). The first-order valence-electron chi connectivity index (χ1n) is 5.76. The first-order valence-corrected chi connectivity index (χ1v) is 6.91. The normalized spacial score (nSPS) is 10.0. The van der Waals surface area contributed by atoms with E-state index < -0.39 is 0 Å². The Hall–Kier alpha value is -1.22. The molecule has 0 aromatic heterocycles. The Morgan fingerprint density at radius 3 is 2.94 bits per heavy atom. The zero-order chi connectivity index (χ0) is 12.7. The number of thioether (sulfide) groups is 1. The van der Waals surface area contributed by atoms with Crippen molar-refractivity contribution in [2.45, 2.75) is 20.3 Å².